The summed E-state index contributed by atoms with van der Waals surface area (Å²) in [5.74, 6) is 2.91. The first-order chi connectivity index (χ1) is 14.1. The molecule has 0 spiro atoms. The van der Waals surface area contributed by atoms with Gasteiger partial charge in [-0.2, -0.15) is 0 Å². The van der Waals surface area contributed by atoms with Crippen LogP contribution in [0.15, 0.2) is 35.5 Å². The van der Waals surface area contributed by atoms with E-state index in [2.05, 4.69) is 20.6 Å². The molecule has 0 fully saturated rings. The van der Waals surface area contributed by atoms with Crippen LogP contribution in [0.5, 0.6) is 17.2 Å². The molecule has 7 nitrogen and oxygen atoms in total. The fourth-order valence-electron chi connectivity index (χ4n) is 2.83. The lowest BCUT2D eigenvalue weighted by atomic mass is 10.1. The molecule has 1 aromatic carbocycles. The van der Waals surface area contributed by atoms with E-state index in [1.807, 2.05) is 25.1 Å². The molecule has 1 aromatic heterocycles. The van der Waals surface area contributed by atoms with E-state index in [-0.39, 0.29) is 0 Å². The highest BCUT2D eigenvalue weighted by Gasteiger charge is 2.13. The largest absolute Gasteiger partial charge is 0.496 e. The van der Waals surface area contributed by atoms with Crippen molar-refractivity contribution in [2.24, 2.45) is 4.99 Å². The van der Waals surface area contributed by atoms with E-state index >= 15 is 0 Å². The standard InChI is InChI=1S/C21H29ClN4O3/c1-5-23-21(24-10-8-15-6-7-20(22)26-14-15)25-11-9-17-18(28-3)12-16(27-2)13-19(17)29-4/h6-7,12-14H,5,8-11H2,1-4H3,(H2,23,24,25). The van der Waals surface area contributed by atoms with Gasteiger partial charge in [0.25, 0.3) is 0 Å². The van der Waals surface area contributed by atoms with Crippen molar-refractivity contribution in [2.45, 2.75) is 19.8 Å². The molecule has 2 N–H and O–H groups in total. The second kappa shape index (κ2) is 12.0. The number of aliphatic imine (C=N–C) groups is 1. The fourth-order valence-corrected chi connectivity index (χ4v) is 2.94. The summed E-state index contributed by atoms with van der Waals surface area (Å²) < 4.78 is 16.3. The molecule has 0 aliphatic rings. The van der Waals surface area contributed by atoms with Gasteiger partial charge in [0.05, 0.1) is 21.3 Å². The summed E-state index contributed by atoms with van der Waals surface area (Å²) in [5.41, 5.74) is 2.08. The van der Waals surface area contributed by atoms with E-state index < -0.39 is 0 Å². The van der Waals surface area contributed by atoms with Crippen LogP contribution in [-0.2, 0) is 12.8 Å². The summed E-state index contributed by atoms with van der Waals surface area (Å²) >= 11 is 5.82. The molecule has 29 heavy (non-hydrogen) atoms. The molecule has 0 aliphatic heterocycles. The van der Waals surface area contributed by atoms with E-state index in [1.165, 1.54) is 0 Å². The molecule has 0 unspecified atom stereocenters. The van der Waals surface area contributed by atoms with Crippen LogP contribution in [0.3, 0.4) is 0 Å². The number of aromatic nitrogens is 1. The van der Waals surface area contributed by atoms with Crippen molar-refractivity contribution in [3.05, 3.63) is 46.7 Å². The van der Waals surface area contributed by atoms with Gasteiger partial charge >= 0.3 is 0 Å². The lowest BCUT2D eigenvalue weighted by molar-refractivity contribution is 0.369. The van der Waals surface area contributed by atoms with Crippen LogP contribution >= 0.6 is 11.6 Å². The maximum atomic E-state index is 5.82. The van der Waals surface area contributed by atoms with Crippen molar-refractivity contribution in [3.8, 4) is 17.2 Å². The normalized spacial score (nSPS) is 11.1. The van der Waals surface area contributed by atoms with Crippen molar-refractivity contribution in [3.63, 3.8) is 0 Å². The Hall–Kier alpha value is -2.67. The summed E-state index contributed by atoms with van der Waals surface area (Å²) in [5, 5.41) is 7.10. The molecule has 0 saturated heterocycles. The van der Waals surface area contributed by atoms with Crippen LogP contribution in [0.4, 0.5) is 0 Å². The van der Waals surface area contributed by atoms with Crippen LogP contribution in [-0.4, -0.2) is 51.9 Å². The fraction of sp³-hybridized carbons (Fsp3) is 0.429. The first-order valence-corrected chi connectivity index (χ1v) is 9.90. The Labute approximate surface area is 177 Å². The summed E-state index contributed by atoms with van der Waals surface area (Å²) in [7, 11) is 4.89. The first kappa shape index (κ1) is 22.6. The summed E-state index contributed by atoms with van der Waals surface area (Å²) in [6.07, 6.45) is 3.29. The van der Waals surface area contributed by atoms with Crippen LogP contribution in [0, 0.1) is 0 Å². The lowest BCUT2D eigenvalue weighted by Crippen LogP contribution is -2.38. The zero-order valence-corrected chi connectivity index (χ0v) is 18.2. The highest BCUT2D eigenvalue weighted by molar-refractivity contribution is 6.29. The molecule has 1 heterocycles. The van der Waals surface area contributed by atoms with Crippen molar-refractivity contribution < 1.29 is 14.2 Å². The van der Waals surface area contributed by atoms with Crippen LogP contribution < -0.4 is 24.8 Å². The van der Waals surface area contributed by atoms with Crippen molar-refractivity contribution in [1.82, 2.24) is 15.6 Å². The SMILES string of the molecule is CCNC(=NCCc1c(OC)cc(OC)cc1OC)NCCc1ccc(Cl)nc1. The number of nitrogens with one attached hydrogen (secondary N) is 2. The van der Waals surface area contributed by atoms with E-state index in [9.17, 15) is 0 Å². The minimum absolute atomic E-state index is 0.501. The third-order valence-electron chi connectivity index (χ3n) is 4.29. The topological polar surface area (TPSA) is 77.0 Å². The number of hydrogen-bond donors (Lipinski definition) is 2. The second-order valence-electron chi connectivity index (χ2n) is 6.19. The smallest absolute Gasteiger partial charge is 0.191 e. The Morgan fingerprint density at radius 2 is 1.76 bits per heavy atom. The van der Waals surface area contributed by atoms with E-state index in [1.54, 1.807) is 33.6 Å². The van der Waals surface area contributed by atoms with E-state index in [0.29, 0.717) is 23.9 Å². The van der Waals surface area contributed by atoms with Gasteiger partial charge in [-0.3, -0.25) is 4.99 Å². The van der Waals surface area contributed by atoms with Gasteiger partial charge in [0.2, 0.25) is 0 Å². The Balaban J connectivity index is 1.98. The zero-order valence-electron chi connectivity index (χ0n) is 17.4. The quantitative estimate of drug-likeness (QED) is 0.349. The maximum Gasteiger partial charge on any atom is 0.191 e. The van der Waals surface area contributed by atoms with Gasteiger partial charge in [0.1, 0.15) is 22.4 Å². The molecular weight excluding hydrogens is 392 g/mol. The predicted octanol–water partition coefficient (Wildman–Crippen LogP) is 3.10. The highest BCUT2D eigenvalue weighted by Crippen LogP contribution is 2.34. The van der Waals surface area contributed by atoms with Crippen molar-refractivity contribution in [1.29, 1.82) is 0 Å². The van der Waals surface area contributed by atoms with E-state index in [4.69, 9.17) is 25.8 Å². The highest BCUT2D eigenvalue weighted by atomic mass is 35.5. The van der Waals surface area contributed by atoms with Crippen LogP contribution in [0.25, 0.3) is 0 Å². The average Bonchev–Trinajstić information content (AvgIpc) is 2.74. The number of guanidine groups is 1. The molecule has 158 valence electrons. The maximum absolute atomic E-state index is 5.82. The number of pyridine rings is 1. The van der Waals surface area contributed by atoms with Crippen LogP contribution in [0.1, 0.15) is 18.1 Å². The molecule has 0 aliphatic carbocycles. The molecular formula is C21H29ClN4O3. The van der Waals surface area contributed by atoms with E-state index in [0.717, 1.165) is 48.1 Å². The molecule has 2 rings (SSSR count). The number of rotatable bonds is 10. The Bertz CT molecular complexity index is 772. The van der Waals surface area contributed by atoms with Crippen molar-refractivity contribution >= 4 is 17.6 Å². The number of ether oxygens (including phenoxy) is 3. The number of methoxy groups -OCH3 is 3. The zero-order chi connectivity index (χ0) is 21.1. The predicted molar refractivity (Wildman–Crippen MR) is 117 cm³/mol. The lowest BCUT2D eigenvalue weighted by Gasteiger charge is -2.15. The average molecular weight is 421 g/mol. The monoisotopic (exact) mass is 420 g/mol. The Morgan fingerprint density at radius 1 is 1.03 bits per heavy atom. The molecule has 0 radical (unpaired) electrons. The van der Waals surface area contributed by atoms with Crippen molar-refractivity contribution in [2.75, 3.05) is 41.0 Å². The summed E-state index contributed by atoms with van der Waals surface area (Å²) in [6, 6.07) is 7.48. The third kappa shape index (κ3) is 7.02. The Morgan fingerprint density at radius 3 is 2.31 bits per heavy atom. The van der Waals surface area contributed by atoms with Crippen LogP contribution in [0.2, 0.25) is 5.15 Å². The van der Waals surface area contributed by atoms with Gasteiger partial charge in [-0.1, -0.05) is 17.7 Å². The second-order valence-corrected chi connectivity index (χ2v) is 6.57. The number of benzene rings is 1. The van der Waals surface area contributed by atoms with Gasteiger partial charge in [-0.25, -0.2) is 4.98 Å². The first-order valence-electron chi connectivity index (χ1n) is 9.52. The molecule has 2 aromatic rings. The number of halogens is 1. The minimum atomic E-state index is 0.501. The molecule has 8 heteroatoms. The van der Waals surface area contributed by atoms with Gasteiger partial charge < -0.3 is 24.8 Å². The third-order valence-corrected chi connectivity index (χ3v) is 4.51. The molecule has 0 saturated carbocycles. The summed E-state index contributed by atoms with van der Waals surface area (Å²) in [4.78, 5) is 8.76. The minimum Gasteiger partial charge on any atom is -0.496 e. The van der Waals surface area contributed by atoms with Gasteiger partial charge in [-0.15, -0.1) is 0 Å². The van der Waals surface area contributed by atoms with Gasteiger partial charge in [0.15, 0.2) is 5.96 Å². The number of hydrogen-bond acceptors (Lipinski definition) is 5. The van der Waals surface area contributed by atoms with Gasteiger partial charge in [0, 0.05) is 43.5 Å². The molecule has 0 amide bonds. The molecule has 0 bridgehead atoms. The van der Waals surface area contributed by atoms with Gasteiger partial charge in [-0.05, 0) is 31.4 Å². The summed E-state index contributed by atoms with van der Waals surface area (Å²) in [6.45, 7) is 4.14. The number of nitrogens with zero attached hydrogens (tertiary/aromatic N) is 2. The Kier molecular flexibility index (Phi) is 9.37. The molecule has 0 atom stereocenters.